The lowest BCUT2D eigenvalue weighted by Crippen LogP contribution is -2.53. The summed E-state index contributed by atoms with van der Waals surface area (Å²) in [5, 5.41) is 9.15. The molecule has 0 bridgehead atoms. The molecule has 8 nitrogen and oxygen atoms in total. The van der Waals surface area contributed by atoms with E-state index < -0.39 is 29.7 Å². The Labute approximate surface area is 137 Å². The van der Waals surface area contributed by atoms with Gasteiger partial charge in [0.15, 0.2) is 6.04 Å². The van der Waals surface area contributed by atoms with Gasteiger partial charge in [0.05, 0.1) is 24.3 Å². The van der Waals surface area contributed by atoms with Crippen molar-refractivity contribution in [3.63, 3.8) is 0 Å². The van der Waals surface area contributed by atoms with Gasteiger partial charge in [-0.2, -0.15) is 0 Å². The average molecular weight is 332 g/mol. The highest BCUT2D eigenvalue weighted by Crippen LogP contribution is 2.22. The molecule has 1 aromatic carbocycles. The first-order chi connectivity index (χ1) is 11.5. The molecular formula is C16H16N2O6. The molecule has 2 heterocycles. The minimum absolute atomic E-state index is 0.0614. The number of hydrogen-bond acceptors (Lipinski definition) is 5. The smallest absolute Gasteiger partial charge is 0.328 e. The molecule has 0 radical (unpaired) electrons. The van der Waals surface area contributed by atoms with Crippen LogP contribution in [0.15, 0.2) is 24.3 Å². The third kappa shape index (κ3) is 2.76. The lowest BCUT2D eigenvalue weighted by Gasteiger charge is -2.33. The second-order valence-electron chi connectivity index (χ2n) is 5.57. The van der Waals surface area contributed by atoms with Gasteiger partial charge in [-0.1, -0.05) is 12.1 Å². The quantitative estimate of drug-likeness (QED) is 0.778. The van der Waals surface area contributed by atoms with Crippen LogP contribution >= 0.6 is 0 Å². The molecule has 24 heavy (non-hydrogen) atoms. The Morgan fingerprint density at radius 2 is 1.79 bits per heavy atom. The molecule has 0 spiro atoms. The predicted octanol–water partition coefficient (Wildman–Crippen LogP) is -0.0153. The van der Waals surface area contributed by atoms with Gasteiger partial charge in [-0.05, 0) is 12.1 Å². The number of hydrogen-bond donors (Lipinski definition) is 1. The van der Waals surface area contributed by atoms with Crippen molar-refractivity contribution in [3.8, 4) is 0 Å². The maximum Gasteiger partial charge on any atom is 0.328 e. The molecule has 8 heteroatoms. The third-order valence-electron chi connectivity index (χ3n) is 4.16. The van der Waals surface area contributed by atoms with Crippen molar-refractivity contribution in [1.82, 2.24) is 9.80 Å². The van der Waals surface area contributed by atoms with Gasteiger partial charge in [0, 0.05) is 19.5 Å². The summed E-state index contributed by atoms with van der Waals surface area (Å²) in [7, 11) is 0. The molecule has 3 amide bonds. The van der Waals surface area contributed by atoms with Crippen LogP contribution in [0.1, 0.15) is 27.1 Å². The van der Waals surface area contributed by atoms with E-state index in [-0.39, 0.29) is 32.7 Å². The van der Waals surface area contributed by atoms with Gasteiger partial charge in [-0.15, -0.1) is 0 Å². The Morgan fingerprint density at radius 3 is 2.38 bits per heavy atom. The molecule has 1 N–H and O–H groups in total. The molecule has 1 saturated heterocycles. The molecule has 0 aliphatic carbocycles. The summed E-state index contributed by atoms with van der Waals surface area (Å²) >= 11 is 0. The molecule has 1 fully saturated rings. The van der Waals surface area contributed by atoms with E-state index in [0.29, 0.717) is 11.1 Å². The van der Waals surface area contributed by atoms with Gasteiger partial charge in [0.25, 0.3) is 11.8 Å². The Balaban J connectivity index is 1.66. The number of fused-ring (bicyclic) bond motifs is 1. The first-order valence-electron chi connectivity index (χ1n) is 7.56. The van der Waals surface area contributed by atoms with Crippen LogP contribution in [0.2, 0.25) is 0 Å². The maximum atomic E-state index is 12.3. The van der Waals surface area contributed by atoms with Crippen molar-refractivity contribution < 1.29 is 29.0 Å². The van der Waals surface area contributed by atoms with E-state index in [2.05, 4.69) is 0 Å². The van der Waals surface area contributed by atoms with Crippen molar-refractivity contribution in [3.05, 3.63) is 35.4 Å². The molecule has 2 aliphatic rings. The molecule has 1 aromatic rings. The van der Waals surface area contributed by atoms with Crippen molar-refractivity contribution in [2.45, 2.75) is 12.5 Å². The van der Waals surface area contributed by atoms with E-state index in [1.54, 1.807) is 24.3 Å². The van der Waals surface area contributed by atoms with Gasteiger partial charge in [0.2, 0.25) is 5.91 Å². The summed E-state index contributed by atoms with van der Waals surface area (Å²) in [6.07, 6.45) is -0.116. The summed E-state index contributed by atoms with van der Waals surface area (Å²) in [6.45, 7) is 0.309. The number of benzene rings is 1. The molecule has 2 aliphatic heterocycles. The Kier molecular flexibility index (Phi) is 4.30. The summed E-state index contributed by atoms with van der Waals surface area (Å²) in [5.41, 5.74) is 0.648. The van der Waals surface area contributed by atoms with Crippen LogP contribution < -0.4 is 0 Å². The van der Waals surface area contributed by atoms with E-state index in [1.165, 1.54) is 4.90 Å². The third-order valence-corrected chi connectivity index (χ3v) is 4.16. The predicted molar refractivity (Wildman–Crippen MR) is 80.4 cm³/mol. The number of amides is 3. The fourth-order valence-corrected chi connectivity index (χ4v) is 2.90. The van der Waals surface area contributed by atoms with Crippen molar-refractivity contribution >= 4 is 23.7 Å². The van der Waals surface area contributed by atoms with E-state index in [4.69, 9.17) is 9.84 Å². The Hall–Kier alpha value is -2.74. The zero-order valence-electron chi connectivity index (χ0n) is 12.8. The van der Waals surface area contributed by atoms with E-state index in [9.17, 15) is 19.2 Å². The number of carbonyl (C=O) groups excluding carboxylic acids is 3. The van der Waals surface area contributed by atoms with Crippen LogP contribution in [0.5, 0.6) is 0 Å². The summed E-state index contributed by atoms with van der Waals surface area (Å²) in [6, 6.07) is 5.45. The Bertz CT molecular complexity index is 681. The minimum atomic E-state index is -1.14. The highest BCUT2D eigenvalue weighted by Gasteiger charge is 2.37. The minimum Gasteiger partial charge on any atom is -0.480 e. The summed E-state index contributed by atoms with van der Waals surface area (Å²) < 4.78 is 5.08. The fourth-order valence-electron chi connectivity index (χ4n) is 2.90. The summed E-state index contributed by atoms with van der Waals surface area (Å²) in [5.74, 6) is -2.41. The molecule has 0 saturated carbocycles. The molecule has 1 unspecified atom stereocenters. The highest BCUT2D eigenvalue weighted by molar-refractivity contribution is 6.21. The van der Waals surface area contributed by atoms with Gasteiger partial charge in [-0.3, -0.25) is 19.3 Å². The monoisotopic (exact) mass is 332 g/mol. The van der Waals surface area contributed by atoms with E-state index in [1.807, 2.05) is 0 Å². The zero-order valence-corrected chi connectivity index (χ0v) is 12.8. The number of carboxylic acids is 1. The SMILES string of the molecule is O=C(O)C1COCCN1C(=O)CCN1C(=O)c2ccccc2C1=O. The zero-order chi connectivity index (χ0) is 17.3. The molecule has 126 valence electrons. The maximum absolute atomic E-state index is 12.3. The standard InChI is InChI=1S/C16H16N2O6/c19-13(17-7-8-24-9-12(17)16(22)23)5-6-18-14(20)10-3-1-2-4-11(10)15(18)21/h1-4,12H,5-9H2,(H,22,23). The van der Waals surface area contributed by atoms with Crippen LogP contribution in [0, 0.1) is 0 Å². The molecule has 0 aromatic heterocycles. The van der Waals surface area contributed by atoms with Crippen molar-refractivity contribution in [1.29, 1.82) is 0 Å². The van der Waals surface area contributed by atoms with Gasteiger partial charge in [-0.25, -0.2) is 4.79 Å². The lowest BCUT2D eigenvalue weighted by molar-refractivity contribution is -0.158. The van der Waals surface area contributed by atoms with Crippen LogP contribution in [0.3, 0.4) is 0 Å². The number of aliphatic carboxylic acids is 1. The van der Waals surface area contributed by atoms with E-state index >= 15 is 0 Å². The molecule has 3 rings (SSSR count). The fraction of sp³-hybridized carbons (Fsp3) is 0.375. The number of carboxylic acid groups (broad SMARTS) is 1. The van der Waals surface area contributed by atoms with Crippen LogP contribution in [-0.4, -0.2) is 70.9 Å². The number of imide groups is 1. The van der Waals surface area contributed by atoms with Crippen LogP contribution in [-0.2, 0) is 14.3 Å². The normalized spacial score (nSPS) is 20.2. The first-order valence-corrected chi connectivity index (χ1v) is 7.56. The van der Waals surface area contributed by atoms with Crippen LogP contribution in [0.25, 0.3) is 0 Å². The second-order valence-corrected chi connectivity index (χ2v) is 5.57. The topological polar surface area (TPSA) is 104 Å². The average Bonchev–Trinajstić information content (AvgIpc) is 2.84. The van der Waals surface area contributed by atoms with Crippen LogP contribution in [0.4, 0.5) is 0 Å². The largest absolute Gasteiger partial charge is 0.480 e. The number of morpholine rings is 1. The van der Waals surface area contributed by atoms with Crippen molar-refractivity contribution in [2.24, 2.45) is 0 Å². The van der Waals surface area contributed by atoms with Crippen molar-refractivity contribution in [2.75, 3.05) is 26.3 Å². The molecule has 1 atom stereocenters. The highest BCUT2D eigenvalue weighted by atomic mass is 16.5. The number of nitrogens with zero attached hydrogens (tertiary/aromatic N) is 2. The number of ether oxygens (including phenoxy) is 1. The van der Waals surface area contributed by atoms with E-state index in [0.717, 1.165) is 4.90 Å². The van der Waals surface area contributed by atoms with Gasteiger partial charge >= 0.3 is 5.97 Å². The summed E-state index contributed by atoms with van der Waals surface area (Å²) in [4.78, 5) is 50.2. The number of rotatable bonds is 4. The first kappa shape index (κ1) is 16.1. The Morgan fingerprint density at radius 1 is 1.17 bits per heavy atom. The molecular weight excluding hydrogens is 316 g/mol. The number of carbonyl (C=O) groups is 4. The second kappa shape index (κ2) is 6.40. The van der Waals surface area contributed by atoms with Gasteiger partial charge < -0.3 is 14.7 Å². The van der Waals surface area contributed by atoms with Gasteiger partial charge in [0.1, 0.15) is 0 Å². The lowest BCUT2D eigenvalue weighted by atomic mass is 10.1.